The van der Waals surface area contributed by atoms with E-state index in [0.717, 1.165) is 5.69 Å². The number of anilines is 1. The zero-order valence-corrected chi connectivity index (χ0v) is 6.81. The monoisotopic (exact) mass is 177 g/mol. The van der Waals surface area contributed by atoms with Crippen molar-refractivity contribution in [1.82, 2.24) is 9.78 Å². The highest BCUT2D eigenvalue weighted by Crippen LogP contribution is 2.09. The molecule has 1 heterocycles. The minimum Gasteiger partial charge on any atom is -0.399 e. The molecule has 0 atom stereocenters. The second-order valence-corrected chi connectivity index (χ2v) is 2.67. The quantitative estimate of drug-likeness (QED) is 0.672. The molecule has 0 spiro atoms. The Kier molecular flexibility index (Phi) is 1.73. The van der Waals surface area contributed by atoms with Crippen molar-refractivity contribution in [1.29, 1.82) is 0 Å². The number of hydrogen-bond acceptors (Lipinski definition) is 2. The van der Waals surface area contributed by atoms with Crippen LogP contribution in [0.2, 0.25) is 0 Å². The number of nitrogens with zero attached hydrogens (tertiary/aromatic N) is 2. The first-order valence-corrected chi connectivity index (χ1v) is 3.83. The van der Waals surface area contributed by atoms with E-state index in [-0.39, 0.29) is 0 Å². The smallest absolute Gasteiger partial charge is 0.233 e. The first-order valence-electron chi connectivity index (χ1n) is 3.83. The molecule has 2 N–H and O–H groups in total. The highest BCUT2D eigenvalue weighted by atomic mass is 19.1. The molecule has 1 aromatic heterocycles. The molecule has 0 unspecified atom stereocenters. The van der Waals surface area contributed by atoms with Crippen LogP contribution in [0.4, 0.5) is 10.1 Å². The maximum atomic E-state index is 12.5. The molecular formula is C9H8FN3. The SMILES string of the molecule is Nc1ccc(-n2ccc(F)n2)cc1. The second-order valence-electron chi connectivity index (χ2n) is 2.67. The fourth-order valence-corrected chi connectivity index (χ4v) is 1.07. The Morgan fingerprint density at radius 2 is 1.85 bits per heavy atom. The Bertz CT molecular complexity index is 405. The van der Waals surface area contributed by atoms with Crippen molar-refractivity contribution in [3.8, 4) is 5.69 Å². The van der Waals surface area contributed by atoms with Crippen LogP contribution < -0.4 is 5.73 Å². The average Bonchev–Trinajstić information content (AvgIpc) is 2.53. The summed E-state index contributed by atoms with van der Waals surface area (Å²) in [7, 11) is 0. The molecule has 0 aliphatic carbocycles. The number of aromatic nitrogens is 2. The van der Waals surface area contributed by atoms with Crippen LogP contribution in [0.5, 0.6) is 0 Å². The molecule has 0 saturated heterocycles. The highest BCUT2D eigenvalue weighted by molar-refractivity contribution is 5.44. The Morgan fingerprint density at radius 3 is 2.38 bits per heavy atom. The van der Waals surface area contributed by atoms with E-state index in [1.54, 1.807) is 30.5 Å². The molecule has 1 aromatic carbocycles. The molecule has 0 fully saturated rings. The fraction of sp³-hybridized carbons (Fsp3) is 0. The summed E-state index contributed by atoms with van der Waals surface area (Å²) in [6.07, 6.45) is 1.56. The van der Waals surface area contributed by atoms with Gasteiger partial charge in [0.1, 0.15) is 0 Å². The van der Waals surface area contributed by atoms with Crippen molar-refractivity contribution in [2.24, 2.45) is 0 Å². The summed E-state index contributed by atoms with van der Waals surface area (Å²) < 4.78 is 14.0. The molecule has 0 aliphatic heterocycles. The topological polar surface area (TPSA) is 43.8 Å². The van der Waals surface area contributed by atoms with Crippen molar-refractivity contribution < 1.29 is 4.39 Å². The third kappa shape index (κ3) is 1.51. The predicted molar refractivity (Wildman–Crippen MR) is 47.9 cm³/mol. The predicted octanol–water partition coefficient (Wildman–Crippen LogP) is 1.59. The van der Waals surface area contributed by atoms with Crippen LogP contribution >= 0.6 is 0 Å². The lowest BCUT2D eigenvalue weighted by atomic mass is 10.3. The first kappa shape index (κ1) is 7.79. The lowest BCUT2D eigenvalue weighted by molar-refractivity contribution is 0.566. The van der Waals surface area contributed by atoms with Gasteiger partial charge in [0.15, 0.2) is 0 Å². The standard InChI is InChI=1S/C9H8FN3/c10-9-5-6-13(12-9)8-3-1-7(11)2-4-8/h1-6H,11H2. The van der Waals surface area contributed by atoms with Gasteiger partial charge >= 0.3 is 0 Å². The fourth-order valence-electron chi connectivity index (χ4n) is 1.07. The number of nitrogens with two attached hydrogens (primary N) is 1. The van der Waals surface area contributed by atoms with E-state index in [1.807, 2.05) is 0 Å². The molecule has 0 radical (unpaired) electrons. The van der Waals surface area contributed by atoms with E-state index in [2.05, 4.69) is 5.10 Å². The molecule has 2 rings (SSSR count). The molecular weight excluding hydrogens is 169 g/mol. The van der Waals surface area contributed by atoms with E-state index in [9.17, 15) is 4.39 Å². The van der Waals surface area contributed by atoms with Crippen LogP contribution in [0.3, 0.4) is 0 Å². The zero-order chi connectivity index (χ0) is 9.26. The van der Waals surface area contributed by atoms with Crippen molar-refractivity contribution in [3.63, 3.8) is 0 Å². The molecule has 0 aliphatic rings. The molecule has 13 heavy (non-hydrogen) atoms. The van der Waals surface area contributed by atoms with Crippen molar-refractivity contribution in [3.05, 3.63) is 42.5 Å². The van der Waals surface area contributed by atoms with E-state index in [0.29, 0.717) is 5.69 Å². The zero-order valence-electron chi connectivity index (χ0n) is 6.81. The number of halogens is 1. The van der Waals surface area contributed by atoms with E-state index in [4.69, 9.17) is 5.73 Å². The maximum absolute atomic E-state index is 12.5. The molecule has 0 amide bonds. The largest absolute Gasteiger partial charge is 0.399 e. The normalized spacial score (nSPS) is 10.2. The van der Waals surface area contributed by atoms with Gasteiger partial charge in [0, 0.05) is 18.0 Å². The second kappa shape index (κ2) is 2.90. The van der Waals surface area contributed by atoms with Crippen molar-refractivity contribution in [2.45, 2.75) is 0 Å². The summed E-state index contributed by atoms with van der Waals surface area (Å²) in [5, 5.41) is 3.62. The van der Waals surface area contributed by atoms with Crippen LogP contribution in [0.15, 0.2) is 36.5 Å². The summed E-state index contributed by atoms with van der Waals surface area (Å²) >= 11 is 0. The van der Waals surface area contributed by atoms with Gasteiger partial charge < -0.3 is 5.73 Å². The molecule has 0 bridgehead atoms. The third-order valence-electron chi connectivity index (χ3n) is 1.71. The van der Waals surface area contributed by atoms with Gasteiger partial charge in [-0.2, -0.15) is 4.39 Å². The van der Waals surface area contributed by atoms with Gasteiger partial charge in [-0.05, 0) is 24.3 Å². The molecule has 4 heteroatoms. The highest BCUT2D eigenvalue weighted by Gasteiger charge is 1.98. The summed E-state index contributed by atoms with van der Waals surface area (Å²) in [5.74, 6) is -0.489. The number of benzene rings is 1. The van der Waals surface area contributed by atoms with Gasteiger partial charge in [0.05, 0.1) is 5.69 Å². The minimum atomic E-state index is -0.489. The summed E-state index contributed by atoms with van der Waals surface area (Å²) in [4.78, 5) is 0. The minimum absolute atomic E-state index is 0.489. The average molecular weight is 177 g/mol. The summed E-state index contributed by atoms with van der Waals surface area (Å²) in [6.45, 7) is 0. The number of nitrogen functional groups attached to an aromatic ring is 1. The lowest BCUT2D eigenvalue weighted by Gasteiger charge is -2.00. The maximum Gasteiger partial charge on any atom is 0.233 e. The first-order chi connectivity index (χ1) is 6.25. The van der Waals surface area contributed by atoms with Crippen molar-refractivity contribution in [2.75, 3.05) is 5.73 Å². The third-order valence-corrected chi connectivity index (χ3v) is 1.71. The molecule has 66 valence electrons. The Hall–Kier alpha value is -1.84. The van der Waals surface area contributed by atoms with Gasteiger partial charge in [-0.15, -0.1) is 5.10 Å². The lowest BCUT2D eigenvalue weighted by Crippen LogP contribution is -1.95. The van der Waals surface area contributed by atoms with Crippen LogP contribution in [-0.4, -0.2) is 9.78 Å². The Balaban J connectivity index is 2.41. The van der Waals surface area contributed by atoms with Crippen LogP contribution in [0, 0.1) is 5.95 Å². The van der Waals surface area contributed by atoms with Gasteiger partial charge in [-0.25, -0.2) is 4.68 Å². The van der Waals surface area contributed by atoms with E-state index < -0.39 is 5.95 Å². The van der Waals surface area contributed by atoms with Crippen LogP contribution in [-0.2, 0) is 0 Å². The van der Waals surface area contributed by atoms with Crippen LogP contribution in [0.25, 0.3) is 5.69 Å². The van der Waals surface area contributed by atoms with E-state index >= 15 is 0 Å². The number of hydrogen-bond donors (Lipinski definition) is 1. The summed E-state index contributed by atoms with van der Waals surface area (Å²) in [6, 6.07) is 8.35. The summed E-state index contributed by atoms with van der Waals surface area (Å²) in [5.41, 5.74) is 6.97. The molecule has 3 nitrogen and oxygen atoms in total. The van der Waals surface area contributed by atoms with E-state index in [1.165, 1.54) is 10.7 Å². The number of rotatable bonds is 1. The van der Waals surface area contributed by atoms with Gasteiger partial charge in [-0.3, -0.25) is 0 Å². The van der Waals surface area contributed by atoms with Crippen LogP contribution in [0.1, 0.15) is 0 Å². The van der Waals surface area contributed by atoms with Gasteiger partial charge in [-0.1, -0.05) is 0 Å². The molecule has 0 saturated carbocycles. The van der Waals surface area contributed by atoms with Gasteiger partial charge in [0.25, 0.3) is 0 Å². The van der Waals surface area contributed by atoms with Crippen molar-refractivity contribution >= 4 is 5.69 Å². The molecule has 2 aromatic rings. The van der Waals surface area contributed by atoms with Gasteiger partial charge in [0.2, 0.25) is 5.95 Å². The Morgan fingerprint density at radius 1 is 1.15 bits per heavy atom. The Labute approximate surface area is 74.6 Å².